The summed E-state index contributed by atoms with van der Waals surface area (Å²) >= 11 is 0. The normalized spacial score (nSPS) is 17.3. The second-order valence-electron chi connectivity index (χ2n) is 9.63. The number of hydrogen-bond donors (Lipinski definition) is 2. The molecule has 3 aromatic carbocycles. The highest BCUT2D eigenvalue weighted by Crippen LogP contribution is 2.45. The summed E-state index contributed by atoms with van der Waals surface area (Å²) < 4.78 is 12.2. The van der Waals surface area contributed by atoms with E-state index in [1.807, 2.05) is 31.2 Å². The first-order valence-electron chi connectivity index (χ1n) is 13.7. The van der Waals surface area contributed by atoms with Gasteiger partial charge in [0.2, 0.25) is 5.90 Å². The van der Waals surface area contributed by atoms with Crippen molar-refractivity contribution in [2.24, 2.45) is 15.2 Å². The van der Waals surface area contributed by atoms with Crippen molar-refractivity contribution in [1.82, 2.24) is 5.32 Å². The van der Waals surface area contributed by atoms with Gasteiger partial charge in [-0.25, -0.2) is 4.99 Å². The van der Waals surface area contributed by atoms with Crippen LogP contribution in [0.1, 0.15) is 48.1 Å². The topological polar surface area (TPSA) is 178 Å². The molecule has 42 heavy (non-hydrogen) atoms. The lowest BCUT2D eigenvalue weighted by Crippen LogP contribution is -2.50. The van der Waals surface area contributed by atoms with Gasteiger partial charge in [-0.05, 0) is 52.9 Å². The van der Waals surface area contributed by atoms with E-state index in [0.717, 1.165) is 11.1 Å². The van der Waals surface area contributed by atoms with E-state index in [1.54, 1.807) is 48.5 Å². The number of carbonyl (C=O) groups excluding carboxylic acids is 1. The Kier molecular flexibility index (Phi) is 10.4. The third-order valence-corrected chi connectivity index (χ3v) is 6.82. The van der Waals surface area contributed by atoms with E-state index < -0.39 is 11.6 Å². The number of aliphatic hydroxyl groups is 1. The van der Waals surface area contributed by atoms with Gasteiger partial charge in [0.25, 0.3) is 5.91 Å². The highest BCUT2D eigenvalue weighted by Gasteiger charge is 2.54. The maximum Gasteiger partial charge on any atom is 0.252 e. The Balaban J connectivity index is 1.86. The molecule has 1 heterocycles. The lowest BCUT2D eigenvalue weighted by Gasteiger charge is -2.32. The quantitative estimate of drug-likeness (QED) is 0.101. The minimum Gasteiger partial charge on any atom is -0.494 e. The number of aliphatic imine (C=N–C) groups is 1. The highest BCUT2D eigenvalue weighted by atomic mass is 16.5. The highest BCUT2D eigenvalue weighted by molar-refractivity contribution is 6.01. The molecule has 0 radical (unpaired) electrons. The SMILES string of the molecule is CCCNC(=O)[C@]1(Cc2ccccc2CN=[N+]=[N-])N=C(c2ccc(OCCCO)cc2)O[C@@H]1c1ccccc1N=[N+]=[N-]. The maximum absolute atomic E-state index is 14.2. The first-order chi connectivity index (χ1) is 20.6. The Hall–Kier alpha value is -5.02. The number of aliphatic hydroxyl groups excluding tert-OH is 1. The van der Waals surface area contributed by atoms with Crippen LogP contribution in [0.25, 0.3) is 20.9 Å². The van der Waals surface area contributed by atoms with E-state index in [9.17, 15) is 10.3 Å². The molecular weight excluding hydrogens is 536 g/mol. The van der Waals surface area contributed by atoms with Gasteiger partial charge in [0.05, 0.1) is 13.2 Å². The Morgan fingerprint density at radius 2 is 1.81 bits per heavy atom. The van der Waals surface area contributed by atoms with Crippen LogP contribution in [0.5, 0.6) is 5.75 Å². The third-order valence-electron chi connectivity index (χ3n) is 6.82. The average molecular weight is 569 g/mol. The summed E-state index contributed by atoms with van der Waals surface area (Å²) in [6.45, 7) is 2.91. The summed E-state index contributed by atoms with van der Waals surface area (Å²) in [5.74, 6) is 0.523. The molecule has 12 nitrogen and oxygen atoms in total. The van der Waals surface area contributed by atoms with Crippen molar-refractivity contribution in [2.75, 3.05) is 19.8 Å². The summed E-state index contributed by atoms with van der Waals surface area (Å²) in [4.78, 5) is 25.0. The van der Waals surface area contributed by atoms with Gasteiger partial charge in [0.1, 0.15) is 5.75 Å². The molecule has 0 fully saturated rings. The van der Waals surface area contributed by atoms with Crippen LogP contribution >= 0.6 is 0 Å². The number of benzene rings is 3. The van der Waals surface area contributed by atoms with E-state index in [0.29, 0.717) is 48.6 Å². The summed E-state index contributed by atoms with van der Waals surface area (Å²) in [5.41, 5.74) is 19.7. The van der Waals surface area contributed by atoms with Crippen LogP contribution in [-0.4, -0.2) is 42.2 Å². The molecule has 0 spiro atoms. The summed E-state index contributed by atoms with van der Waals surface area (Å²) in [6, 6.07) is 21.5. The van der Waals surface area contributed by atoms with Crippen LogP contribution in [0.4, 0.5) is 5.69 Å². The molecule has 1 aliphatic rings. The molecule has 1 amide bonds. The Morgan fingerprint density at radius 1 is 1.07 bits per heavy atom. The fourth-order valence-corrected chi connectivity index (χ4v) is 4.78. The Morgan fingerprint density at radius 3 is 2.52 bits per heavy atom. The van der Waals surface area contributed by atoms with Crippen molar-refractivity contribution in [3.63, 3.8) is 0 Å². The number of carbonyl (C=O) groups is 1. The molecule has 12 heteroatoms. The summed E-state index contributed by atoms with van der Waals surface area (Å²) in [5, 5.41) is 19.6. The standard InChI is InChI=1S/C30H32N8O4/c1-2-16-33-29(40)30(19-22-8-3-4-9-23(22)20-34-37-31)27(25-10-5-6-11-26(25)36-38-32)42-28(35-30)21-12-14-24(15-13-21)41-18-7-17-39/h3-6,8-15,27,39H,2,7,16-20H2,1H3,(H,33,40)/t27-,30-/m1/s1. The fraction of sp³-hybridized carbons (Fsp3) is 0.333. The molecule has 2 N–H and O–H groups in total. The number of ether oxygens (including phenoxy) is 2. The van der Waals surface area contributed by atoms with Gasteiger partial charge in [0.15, 0.2) is 11.6 Å². The van der Waals surface area contributed by atoms with Crippen LogP contribution < -0.4 is 10.1 Å². The smallest absolute Gasteiger partial charge is 0.252 e. The molecule has 0 saturated carbocycles. The third kappa shape index (κ3) is 6.82. The van der Waals surface area contributed by atoms with Crippen LogP contribution in [0.15, 0.2) is 88.0 Å². The molecule has 0 saturated heterocycles. The number of nitrogens with one attached hydrogen (secondary N) is 1. The van der Waals surface area contributed by atoms with Crippen molar-refractivity contribution in [3.8, 4) is 5.75 Å². The molecule has 0 aliphatic carbocycles. The van der Waals surface area contributed by atoms with Crippen molar-refractivity contribution in [2.45, 2.75) is 44.4 Å². The number of hydrogen-bond acceptors (Lipinski definition) is 7. The summed E-state index contributed by atoms with van der Waals surface area (Å²) in [6.07, 6.45) is 0.407. The van der Waals surface area contributed by atoms with Crippen LogP contribution in [0.3, 0.4) is 0 Å². The zero-order chi connectivity index (χ0) is 29.8. The van der Waals surface area contributed by atoms with E-state index in [2.05, 4.69) is 25.4 Å². The monoisotopic (exact) mass is 568 g/mol. The Labute approximate surface area is 243 Å². The van der Waals surface area contributed by atoms with Crippen LogP contribution in [-0.2, 0) is 22.5 Å². The molecule has 216 valence electrons. The van der Waals surface area contributed by atoms with Gasteiger partial charge in [-0.15, -0.1) is 0 Å². The minimum atomic E-state index is -1.49. The van der Waals surface area contributed by atoms with E-state index in [-0.39, 0.29) is 31.4 Å². The number of nitrogens with zero attached hydrogens (tertiary/aromatic N) is 7. The molecule has 2 atom stereocenters. The second-order valence-corrected chi connectivity index (χ2v) is 9.63. The predicted octanol–water partition coefficient (Wildman–Crippen LogP) is 6.23. The second kappa shape index (κ2) is 14.6. The first kappa shape index (κ1) is 30.0. The Bertz CT molecular complexity index is 1510. The first-order valence-corrected chi connectivity index (χ1v) is 13.7. The molecule has 3 aromatic rings. The van der Waals surface area contributed by atoms with Gasteiger partial charge in [-0.1, -0.05) is 65.7 Å². The van der Waals surface area contributed by atoms with Gasteiger partial charge in [0, 0.05) is 52.6 Å². The van der Waals surface area contributed by atoms with Gasteiger partial charge in [-0.2, -0.15) is 0 Å². The number of amides is 1. The summed E-state index contributed by atoms with van der Waals surface area (Å²) in [7, 11) is 0. The molecule has 0 unspecified atom stereocenters. The largest absolute Gasteiger partial charge is 0.494 e. The van der Waals surface area contributed by atoms with Gasteiger partial charge in [-0.3, -0.25) is 4.79 Å². The minimum absolute atomic E-state index is 0.0373. The average Bonchev–Trinajstić information content (AvgIpc) is 3.40. The zero-order valence-electron chi connectivity index (χ0n) is 23.3. The number of rotatable bonds is 14. The van der Waals surface area contributed by atoms with E-state index in [4.69, 9.17) is 25.1 Å². The molecule has 0 bridgehead atoms. The van der Waals surface area contributed by atoms with Crippen LogP contribution in [0.2, 0.25) is 0 Å². The molecule has 0 aromatic heterocycles. The zero-order valence-corrected chi connectivity index (χ0v) is 23.3. The van der Waals surface area contributed by atoms with Crippen molar-refractivity contribution >= 4 is 17.5 Å². The maximum atomic E-state index is 14.2. The molecule has 1 aliphatic heterocycles. The van der Waals surface area contributed by atoms with E-state index in [1.165, 1.54) is 0 Å². The lowest BCUT2D eigenvalue weighted by atomic mass is 9.80. The van der Waals surface area contributed by atoms with Gasteiger partial charge >= 0.3 is 0 Å². The number of azide groups is 2. The van der Waals surface area contributed by atoms with Crippen molar-refractivity contribution in [1.29, 1.82) is 0 Å². The molecular formula is C30H32N8O4. The fourth-order valence-electron chi connectivity index (χ4n) is 4.78. The predicted molar refractivity (Wildman–Crippen MR) is 158 cm³/mol. The van der Waals surface area contributed by atoms with Crippen LogP contribution in [0, 0.1) is 0 Å². The van der Waals surface area contributed by atoms with Crippen molar-refractivity contribution < 1.29 is 19.4 Å². The van der Waals surface area contributed by atoms with E-state index >= 15 is 0 Å². The van der Waals surface area contributed by atoms with Crippen molar-refractivity contribution in [3.05, 3.63) is 116 Å². The van der Waals surface area contributed by atoms with Gasteiger partial charge < -0.3 is 19.9 Å². The lowest BCUT2D eigenvalue weighted by molar-refractivity contribution is -0.128. The molecule has 4 rings (SSSR count).